The Morgan fingerprint density at radius 2 is 2.05 bits per heavy atom. The summed E-state index contributed by atoms with van der Waals surface area (Å²) in [6.07, 6.45) is 5.69. The summed E-state index contributed by atoms with van der Waals surface area (Å²) in [5.74, 6) is 0.917. The van der Waals surface area contributed by atoms with Crippen molar-refractivity contribution < 1.29 is 0 Å². The molecule has 1 saturated carbocycles. The van der Waals surface area contributed by atoms with Crippen molar-refractivity contribution in [2.75, 3.05) is 13.6 Å². The fourth-order valence-electron chi connectivity index (χ4n) is 2.82. The molecule has 0 bridgehead atoms. The van der Waals surface area contributed by atoms with E-state index < -0.39 is 0 Å². The van der Waals surface area contributed by atoms with Crippen LogP contribution in [0.15, 0.2) is 5.38 Å². The van der Waals surface area contributed by atoms with Crippen molar-refractivity contribution in [3.05, 3.63) is 16.1 Å². The lowest BCUT2D eigenvalue weighted by atomic mass is 10.1. The van der Waals surface area contributed by atoms with Crippen molar-refractivity contribution in [2.24, 2.45) is 5.92 Å². The summed E-state index contributed by atoms with van der Waals surface area (Å²) in [7, 11) is 2.23. The van der Waals surface area contributed by atoms with Gasteiger partial charge in [0.25, 0.3) is 0 Å². The minimum atomic E-state index is 0.158. The SMILES string of the molecule is CN(Cc1csc(CNC(C)(C)C)n1)CC1CCCC1. The Kier molecular flexibility index (Phi) is 5.58. The molecule has 1 aliphatic rings. The Morgan fingerprint density at radius 3 is 2.70 bits per heavy atom. The molecule has 0 spiro atoms. The molecular formula is C16H29N3S. The molecule has 1 heterocycles. The molecule has 1 N–H and O–H groups in total. The Labute approximate surface area is 127 Å². The number of aromatic nitrogens is 1. The highest BCUT2D eigenvalue weighted by Crippen LogP contribution is 2.25. The van der Waals surface area contributed by atoms with Crippen LogP contribution in [0.4, 0.5) is 0 Å². The fraction of sp³-hybridized carbons (Fsp3) is 0.812. The molecule has 0 unspecified atom stereocenters. The Balaban J connectivity index is 1.76. The second kappa shape index (κ2) is 7.01. The zero-order chi connectivity index (χ0) is 14.6. The summed E-state index contributed by atoms with van der Waals surface area (Å²) >= 11 is 1.77. The van der Waals surface area contributed by atoms with Crippen molar-refractivity contribution in [2.45, 2.75) is 65.1 Å². The van der Waals surface area contributed by atoms with Crippen LogP contribution in [0.3, 0.4) is 0 Å². The van der Waals surface area contributed by atoms with Gasteiger partial charge in [-0.2, -0.15) is 0 Å². The number of hydrogen-bond acceptors (Lipinski definition) is 4. The third kappa shape index (κ3) is 5.51. The van der Waals surface area contributed by atoms with Crippen molar-refractivity contribution in [3.63, 3.8) is 0 Å². The lowest BCUT2D eigenvalue weighted by Gasteiger charge is -2.20. The second-order valence-electron chi connectivity index (χ2n) is 7.18. The van der Waals surface area contributed by atoms with Crippen molar-refractivity contribution >= 4 is 11.3 Å². The molecule has 0 aromatic carbocycles. The van der Waals surface area contributed by atoms with Crippen molar-refractivity contribution in [1.82, 2.24) is 15.2 Å². The molecular weight excluding hydrogens is 266 g/mol. The van der Waals surface area contributed by atoms with Crippen LogP contribution in [0.1, 0.15) is 57.2 Å². The quantitative estimate of drug-likeness (QED) is 0.868. The Morgan fingerprint density at radius 1 is 1.35 bits per heavy atom. The van der Waals surface area contributed by atoms with Gasteiger partial charge in [-0.05, 0) is 46.6 Å². The summed E-state index contributed by atoms with van der Waals surface area (Å²) in [5.41, 5.74) is 1.38. The molecule has 2 rings (SSSR count). The van der Waals surface area contributed by atoms with Gasteiger partial charge in [0.1, 0.15) is 5.01 Å². The molecule has 1 aromatic heterocycles. The van der Waals surface area contributed by atoms with Crippen LogP contribution in [-0.2, 0) is 13.1 Å². The topological polar surface area (TPSA) is 28.2 Å². The van der Waals surface area contributed by atoms with E-state index in [1.807, 2.05) is 0 Å². The first-order chi connectivity index (χ1) is 9.42. The summed E-state index contributed by atoms with van der Waals surface area (Å²) in [6, 6.07) is 0. The van der Waals surface area contributed by atoms with Gasteiger partial charge in [0.2, 0.25) is 0 Å². The van der Waals surface area contributed by atoms with E-state index in [0.29, 0.717) is 0 Å². The Hall–Kier alpha value is -0.450. The van der Waals surface area contributed by atoms with Gasteiger partial charge >= 0.3 is 0 Å². The first kappa shape index (κ1) is 15.9. The van der Waals surface area contributed by atoms with Gasteiger partial charge in [0.15, 0.2) is 0 Å². The smallest absolute Gasteiger partial charge is 0.107 e. The monoisotopic (exact) mass is 295 g/mol. The standard InChI is InChI=1S/C16H29N3S/c1-16(2,3)17-9-15-18-14(12-20-15)11-19(4)10-13-7-5-6-8-13/h12-13,17H,5-11H2,1-4H3. The van der Waals surface area contributed by atoms with E-state index in [4.69, 9.17) is 4.98 Å². The first-order valence-electron chi connectivity index (χ1n) is 7.79. The number of nitrogens with zero attached hydrogens (tertiary/aromatic N) is 2. The van der Waals surface area contributed by atoms with Gasteiger partial charge in [-0.1, -0.05) is 12.8 Å². The van der Waals surface area contributed by atoms with Gasteiger partial charge in [-0.25, -0.2) is 4.98 Å². The molecule has 0 radical (unpaired) electrons. The average molecular weight is 295 g/mol. The maximum atomic E-state index is 4.74. The highest BCUT2D eigenvalue weighted by atomic mass is 32.1. The molecule has 0 saturated heterocycles. The average Bonchev–Trinajstić information content (AvgIpc) is 2.97. The maximum Gasteiger partial charge on any atom is 0.107 e. The van der Waals surface area contributed by atoms with Crippen LogP contribution in [0.25, 0.3) is 0 Å². The van der Waals surface area contributed by atoms with E-state index in [-0.39, 0.29) is 5.54 Å². The van der Waals surface area contributed by atoms with Crippen LogP contribution in [0, 0.1) is 5.92 Å². The maximum absolute atomic E-state index is 4.74. The van der Waals surface area contributed by atoms with Gasteiger partial charge in [0.05, 0.1) is 5.69 Å². The molecule has 0 aliphatic heterocycles. The van der Waals surface area contributed by atoms with E-state index >= 15 is 0 Å². The van der Waals surface area contributed by atoms with Crippen LogP contribution in [-0.4, -0.2) is 29.0 Å². The Bertz CT molecular complexity index is 402. The minimum Gasteiger partial charge on any atom is -0.306 e. The van der Waals surface area contributed by atoms with Gasteiger partial charge in [-0.15, -0.1) is 11.3 Å². The van der Waals surface area contributed by atoms with Gasteiger partial charge in [0, 0.05) is 30.6 Å². The molecule has 4 heteroatoms. The zero-order valence-corrected chi connectivity index (χ0v) is 14.2. The lowest BCUT2D eigenvalue weighted by molar-refractivity contribution is 0.269. The van der Waals surface area contributed by atoms with E-state index in [1.54, 1.807) is 11.3 Å². The zero-order valence-electron chi connectivity index (χ0n) is 13.4. The molecule has 114 valence electrons. The number of hydrogen-bond donors (Lipinski definition) is 1. The molecule has 1 fully saturated rings. The first-order valence-corrected chi connectivity index (χ1v) is 8.67. The van der Waals surface area contributed by atoms with E-state index in [0.717, 1.165) is 19.0 Å². The predicted octanol–water partition coefficient (Wildman–Crippen LogP) is 3.65. The molecule has 3 nitrogen and oxygen atoms in total. The minimum absolute atomic E-state index is 0.158. The molecule has 1 aliphatic carbocycles. The van der Waals surface area contributed by atoms with E-state index in [1.165, 1.54) is 42.9 Å². The fourth-order valence-corrected chi connectivity index (χ4v) is 3.54. The number of thiazole rings is 1. The largest absolute Gasteiger partial charge is 0.306 e. The van der Waals surface area contributed by atoms with E-state index in [9.17, 15) is 0 Å². The normalized spacial score (nSPS) is 17.2. The summed E-state index contributed by atoms with van der Waals surface area (Å²) in [6.45, 7) is 9.67. The molecule has 0 atom stereocenters. The second-order valence-corrected chi connectivity index (χ2v) is 8.13. The van der Waals surface area contributed by atoms with Crippen LogP contribution < -0.4 is 5.32 Å². The number of rotatable bonds is 6. The van der Waals surface area contributed by atoms with Gasteiger partial charge in [-0.3, -0.25) is 0 Å². The summed E-state index contributed by atoms with van der Waals surface area (Å²) < 4.78 is 0. The van der Waals surface area contributed by atoms with Crippen LogP contribution in [0.2, 0.25) is 0 Å². The molecule has 0 amide bonds. The molecule has 1 aromatic rings. The lowest BCUT2D eigenvalue weighted by Crippen LogP contribution is -2.35. The van der Waals surface area contributed by atoms with E-state index in [2.05, 4.69) is 43.4 Å². The highest BCUT2D eigenvalue weighted by Gasteiger charge is 2.17. The third-order valence-electron chi connectivity index (χ3n) is 3.85. The molecule has 20 heavy (non-hydrogen) atoms. The van der Waals surface area contributed by atoms with Crippen LogP contribution in [0.5, 0.6) is 0 Å². The third-order valence-corrected chi connectivity index (χ3v) is 4.74. The van der Waals surface area contributed by atoms with Crippen molar-refractivity contribution in [3.8, 4) is 0 Å². The van der Waals surface area contributed by atoms with Crippen molar-refractivity contribution in [1.29, 1.82) is 0 Å². The predicted molar refractivity (Wildman–Crippen MR) is 87.0 cm³/mol. The summed E-state index contributed by atoms with van der Waals surface area (Å²) in [4.78, 5) is 7.18. The number of nitrogens with one attached hydrogen (secondary N) is 1. The van der Waals surface area contributed by atoms with Gasteiger partial charge < -0.3 is 10.2 Å². The summed E-state index contributed by atoms with van der Waals surface area (Å²) in [5, 5.41) is 6.91. The van der Waals surface area contributed by atoms with Crippen LogP contribution >= 0.6 is 11.3 Å². The highest BCUT2D eigenvalue weighted by molar-refractivity contribution is 7.09.